The zero-order valence-electron chi connectivity index (χ0n) is 29.0. The molecule has 5 rings (SSSR count). The lowest BCUT2D eigenvalue weighted by Crippen LogP contribution is -2.59. The van der Waals surface area contributed by atoms with Crippen LogP contribution in [0.1, 0.15) is 104 Å². The second-order valence-corrected chi connectivity index (χ2v) is 18.7. The number of H-pyrrole nitrogens is 2. The standard InChI is InChI=1S/C36H47F3N4O2Si/c1-12-22-20(5)25-18-31-35(36(37,38)39,45-46(9,10)11)34(8,15-4)30(43-31)19-27-23(13-2)21(6)24(41-27)17-29-33(7,14-3)32(44)28(42-29)16-26(22)40-25/h16-19,40-41H,12-15H2,1-11H3. The SMILES string of the molecule is CCc1c(C)c2cc3nc(cc4[nH]c(cc5nc(cc1[nH]2)C(=O)C5(C)CC)c(C)c4CC)C(C)(CC)C3(O[Si](C)(C)C)C(F)(F)F. The molecule has 248 valence electrons. The van der Waals surface area contributed by atoms with Crippen molar-refractivity contribution < 1.29 is 22.4 Å². The smallest absolute Gasteiger partial charge is 0.399 e. The molecule has 0 fully saturated rings. The number of fused-ring (bicyclic) bond motifs is 8. The van der Waals surface area contributed by atoms with Crippen molar-refractivity contribution in [3.05, 3.63) is 69.3 Å². The third-order valence-corrected chi connectivity index (χ3v) is 11.4. The van der Waals surface area contributed by atoms with Crippen molar-refractivity contribution in [2.45, 2.75) is 123 Å². The summed E-state index contributed by atoms with van der Waals surface area (Å²) in [6, 6.07) is 6.99. The fraction of sp³-hybridized carbons (Fsp3) is 0.528. The highest BCUT2D eigenvalue weighted by molar-refractivity contribution is 6.69. The Morgan fingerprint density at radius 3 is 1.72 bits per heavy atom. The average Bonchev–Trinajstić information content (AvgIpc) is 3.59. The zero-order chi connectivity index (χ0) is 34.2. The Bertz CT molecular complexity index is 1890. The summed E-state index contributed by atoms with van der Waals surface area (Å²) in [6.45, 7) is 20.6. The molecule has 0 aromatic carbocycles. The number of carbonyl (C=O) groups is 1. The minimum Gasteiger partial charge on any atom is -0.399 e. The Balaban J connectivity index is 2.08. The first-order valence-corrected chi connectivity index (χ1v) is 19.8. The number of ketones is 1. The Labute approximate surface area is 270 Å². The maximum absolute atomic E-state index is 15.9. The van der Waals surface area contributed by atoms with Crippen molar-refractivity contribution in [3.63, 3.8) is 0 Å². The fourth-order valence-electron chi connectivity index (χ4n) is 7.38. The molecule has 8 bridgehead atoms. The first-order chi connectivity index (χ1) is 21.3. The van der Waals surface area contributed by atoms with Crippen LogP contribution in [0, 0.1) is 13.8 Å². The lowest BCUT2D eigenvalue weighted by atomic mass is 9.69. The Hall–Kier alpha value is -3.24. The van der Waals surface area contributed by atoms with E-state index < -0.39 is 30.9 Å². The second-order valence-electron chi connectivity index (χ2n) is 14.3. The molecular formula is C36H47F3N4O2Si. The molecule has 2 aliphatic heterocycles. The number of Topliss-reactive ketones (excluding diaryl/α,β-unsaturated/α-hetero) is 1. The van der Waals surface area contributed by atoms with Crippen LogP contribution >= 0.6 is 0 Å². The molecule has 0 spiro atoms. The van der Waals surface area contributed by atoms with E-state index in [1.54, 1.807) is 45.6 Å². The second kappa shape index (κ2) is 11.2. The number of nitrogens with one attached hydrogen (secondary N) is 2. The summed E-state index contributed by atoms with van der Waals surface area (Å²) >= 11 is 0. The van der Waals surface area contributed by atoms with Gasteiger partial charge in [0.1, 0.15) is 5.69 Å². The van der Waals surface area contributed by atoms with E-state index in [4.69, 9.17) is 14.4 Å². The van der Waals surface area contributed by atoms with Gasteiger partial charge in [0, 0.05) is 22.1 Å². The van der Waals surface area contributed by atoms with Crippen LogP contribution < -0.4 is 0 Å². The van der Waals surface area contributed by atoms with Crippen molar-refractivity contribution in [1.29, 1.82) is 0 Å². The summed E-state index contributed by atoms with van der Waals surface area (Å²) in [7, 11) is -2.82. The Morgan fingerprint density at radius 2 is 1.26 bits per heavy atom. The highest BCUT2D eigenvalue weighted by atomic mass is 28.4. The molecule has 46 heavy (non-hydrogen) atoms. The van der Waals surface area contributed by atoms with Crippen LogP contribution in [-0.2, 0) is 33.7 Å². The molecule has 3 aromatic heterocycles. The summed E-state index contributed by atoms with van der Waals surface area (Å²) in [6.07, 6.45) is -2.78. The summed E-state index contributed by atoms with van der Waals surface area (Å²) < 4.78 is 54.0. The number of hydrogen-bond acceptors (Lipinski definition) is 4. The van der Waals surface area contributed by atoms with Gasteiger partial charge in [-0.15, -0.1) is 0 Å². The predicted molar refractivity (Wildman–Crippen MR) is 181 cm³/mol. The minimum atomic E-state index is -4.77. The largest absolute Gasteiger partial charge is 0.423 e. The maximum atomic E-state index is 15.9. The molecule has 0 saturated heterocycles. The number of rotatable bonds is 6. The number of alkyl halides is 3. The van der Waals surface area contributed by atoms with Gasteiger partial charge in [-0.3, -0.25) is 9.78 Å². The van der Waals surface area contributed by atoms with Gasteiger partial charge < -0.3 is 14.4 Å². The van der Waals surface area contributed by atoms with Crippen LogP contribution in [0.5, 0.6) is 0 Å². The Kier molecular flexibility index (Phi) is 8.29. The molecule has 0 radical (unpaired) electrons. The summed E-state index contributed by atoms with van der Waals surface area (Å²) in [5.74, 6) is -0.0746. The van der Waals surface area contributed by atoms with Crippen LogP contribution in [0.15, 0.2) is 24.3 Å². The van der Waals surface area contributed by atoms with Crippen molar-refractivity contribution >= 4 is 36.2 Å². The van der Waals surface area contributed by atoms with E-state index in [1.807, 2.05) is 47.6 Å². The van der Waals surface area contributed by atoms with Crippen molar-refractivity contribution in [1.82, 2.24) is 19.9 Å². The van der Waals surface area contributed by atoms with E-state index >= 15 is 13.2 Å². The third kappa shape index (κ3) is 4.89. The number of aromatic amines is 2. The number of carbonyl (C=O) groups excluding carboxylic acids is 1. The maximum Gasteiger partial charge on any atom is 0.423 e. The lowest BCUT2D eigenvalue weighted by Gasteiger charge is -2.47. The van der Waals surface area contributed by atoms with Gasteiger partial charge in [0.2, 0.25) is 5.60 Å². The van der Waals surface area contributed by atoms with Gasteiger partial charge in [-0.1, -0.05) is 34.6 Å². The number of halogens is 3. The average molecular weight is 653 g/mol. The van der Waals surface area contributed by atoms with Gasteiger partial charge in [-0.2, -0.15) is 13.2 Å². The highest BCUT2D eigenvalue weighted by Gasteiger charge is 2.71. The number of nitrogens with zero attached hydrogens (tertiary/aromatic N) is 2. The molecule has 0 amide bonds. The van der Waals surface area contributed by atoms with Crippen LogP contribution in [0.2, 0.25) is 19.6 Å². The molecular weight excluding hydrogens is 606 g/mol. The topological polar surface area (TPSA) is 83.7 Å². The third-order valence-electron chi connectivity index (χ3n) is 10.5. The molecule has 2 aliphatic rings. The minimum absolute atomic E-state index is 0.0746. The van der Waals surface area contributed by atoms with E-state index in [2.05, 4.69) is 9.97 Å². The van der Waals surface area contributed by atoms with Crippen LogP contribution in [0.25, 0.3) is 22.1 Å². The molecule has 5 heterocycles. The highest BCUT2D eigenvalue weighted by Crippen LogP contribution is 2.59. The van der Waals surface area contributed by atoms with Crippen molar-refractivity contribution in [2.24, 2.45) is 0 Å². The summed E-state index contributed by atoms with van der Waals surface area (Å²) in [5, 5.41) is 0. The molecule has 0 aliphatic carbocycles. The van der Waals surface area contributed by atoms with Gasteiger partial charge in [0.05, 0.1) is 27.9 Å². The normalized spacial score (nSPS) is 23.7. The van der Waals surface area contributed by atoms with Gasteiger partial charge in [-0.05, 0) is 113 Å². The Morgan fingerprint density at radius 1 is 0.761 bits per heavy atom. The van der Waals surface area contributed by atoms with Crippen LogP contribution in [-0.4, -0.2) is 40.2 Å². The lowest BCUT2D eigenvalue weighted by molar-refractivity contribution is -0.281. The molecule has 3 aromatic rings. The zero-order valence-corrected chi connectivity index (χ0v) is 30.0. The molecule has 10 heteroatoms. The van der Waals surface area contributed by atoms with Gasteiger partial charge in [0.15, 0.2) is 14.1 Å². The van der Waals surface area contributed by atoms with Crippen LogP contribution in [0.4, 0.5) is 13.2 Å². The molecule has 2 N–H and O–H groups in total. The molecule has 3 unspecified atom stereocenters. The quantitative estimate of drug-likeness (QED) is 0.260. The first-order valence-electron chi connectivity index (χ1n) is 16.4. The fourth-order valence-corrected chi connectivity index (χ4v) is 8.74. The number of aryl methyl sites for hydroxylation is 4. The van der Waals surface area contributed by atoms with Crippen molar-refractivity contribution in [2.75, 3.05) is 0 Å². The van der Waals surface area contributed by atoms with Gasteiger partial charge in [0.25, 0.3) is 0 Å². The summed E-state index contributed by atoms with van der Waals surface area (Å²) in [4.78, 5) is 30.5. The van der Waals surface area contributed by atoms with E-state index in [1.165, 1.54) is 6.07 Å². The van der Waals surface area contributed by atoms with Crippen molar-refractivity contribution in [3.8, 4) is 0 Å². The van der Waals surface area contributed by atoms with E-state index in [9.17, 15) is 4.79 Å². The molecule has 6 nitrogen and oxygen atoms in total. The van der Waals surface area contributed by atoms with E-state index in [0.717, 1.165) is 27.8 Å². The van der Waals surface area contributed by atoms with E-state index in [-0.39, 0.29) is 17.9 Å². The predicted octanol–water partition coefficient (Wildman–Crippen LogP) is 9.58. The van der Waals surface area contributed by atoms with E-state index in [0.29, 0.717) is 52.9 Å². The molecule has 0 saturated carbocycles. The van der Waals surface area contributed by atoms with Gasteiger partial charge in [-0.25, -0.2) is 4.98 Å². The van der Waals surface area contributed by atoms with Gasteiger partial charge >= 0.3 is 6.18 Å². The number of hydrogen-bond donors (Lipinski definition) is 2. The van der Waals surface area contributed by atoms with Crippen LogP contribution in [0.3, 0.4) is 0 Å². The molecule has 3 atom stereocenters. The summed E-state index contributed by atoms with van der Waals surface area (Å²) in [5.41, 5.74) is 2.46. The first kappa shape index (κ1) is 34.1. The number of aromatic nitrogens is 4. The monoisotopic (exact) mass is 652 g/mol.